The summed E-state index contributed by atoms with van der Waals surface area (Å²) in [4.78, 5) is 15.0. The highest BCUT2D eigenvalue weighted by Gasteiger charge is 2.13. The summed E-state index contributed by atoms with van der Waals surface area (Å²) in [5.74, 6) is 0.0369. The first kappa shape index (κ1) is 13.6. The van der Waals surface area contributed by atoms with E-state index in [4.69, 9.17) is 0 Å². The van der Waals surface area contributed by atoms with Gasteiger partial charge >= 0.3 is 0 Å². The Balaban J connectivity index is 1.97. The molecule has 0 aliphatic carbocycles. The molecule has 0 aliphatic heterocycles. The maximum absolute atomic E-state index is 11.8. The van der Waals surface area contributed by atoms with Crippen molar-refractivity contribution >= 4 is 16.8 Å². The molecule has 0 radical (unpaired) electrons. The molecule has 4 nitrogen and oxygen atoms in total. The van der Waals surface area contributed by atoms with Crippen LogP contribution in [-0.2, 0) is 11.3 Å². The summed E-state index contributed by atoms with van der Waals surface area (Å²) in [6, 6.07) is 8.14. The van der Waals surface area contributed by atoms with Gasteiger partial charge in [0, 0.05) is 29.7 Å². The third kappa shape index (κ3) is 3.35. The van der Waals surface area contributed by atoms with E-state index in [2.05, 4.69) is 21.7 Å². The van der Waals surface area contributed by atoms with E-state index >= 15 is 0 Å². The summed E-state index contributed by atoms with van der Waals surface area (Å²) < 4.78 is 0. The quantitative estimate of drug-likeness (QED) is 0.770. The van der Waals surface area contributed by atoms with E-state index in [0.29, 0.717) is 6.54 Å². The lowest BCUT2D eigenvalue weighted by atomic mass is 10.1. The number of rotatable bonds is 5. The van der Waals surface area contributed by atoms with Crippen molar-refractivity contribution in [3.63, 3.8) is 0 Å². The average molecular weight is 259 g/mol. The van der Waals surface area contributed by atoms with Gasteiger partial charge in [-0.3, -0.25) is 4.79 Å². The lowest BCUT2D eigenvalue weighted by molar-refractivity contribution is -0.123. The highest BCUT2D eigenvalue weighted by Crippen LogP contribution is 2.17. The number of hydrogen-bond donors (Lipinski definition) is 3. The molecule has 1 atom stereocenters. The molecule has 0 aliphatic rings. The average Bonchev–Trinajstić information content (AvgIpc) is 2.78. The summed E-state index contributed by atoms with van der Waals surface area (Å²) in [7, 11) is 0. The molecule has 0 saturated heterocycles. The van der Waals surface area contributed by atoms with E-state index in [1.807, 2.05) is 45.2 Å². The summed E-state index contributed by atoms with van der Waals surface area (Å²) in [6.07, 6.45) is 1.99. The minimum atomic E-state index is -0.198. The number of aromatic nitrogens is 1. The molecular formula is C15H21N3O. The molecule has 2 rings (SSSR count). The van der Waals surface area contributed by atoms with Gasteiger partial charge in [-0.25, -0.2) is 0 Å². The third-order valence-electron chi connectivity index (χ3n) is 3.10. The lowest BCUT2D eigenvalue weighted by Gasteiger charge is -2.15. The molecule has 0 fully saturated rings. The van der Waals surface area contributed by atoms with E-state index < -0.39 is 0 Å². The molecule has 2 aromatic rings. The van der Waals surface area contributed by atoms with Gasteiger partial charge in [-0.2, -0.15) is 0 Å². The van der Waals surface area contributed by atoms with E-state index in [0.717, 1.165) is 5.52 Å². The van der Waals surface area contributed by atoms with Gasteiger partial charge in [-0.15, -0.1) is 0 Å². The van der Waals surface area contributed by atoms with Gasteiger partial charge in [0.25, 0.3) is 0 Å². The molecule has 102 valence electrons. The molecule has 19 heavy (non-hydrogen) atoms. The van der Waals surface area contributed by atoms with Gasteiger partial charge in [0.1, 0.15) is 0 Å². The number of carbonyl (C=O) groups is 1. The smallest absolute Gasteiger partial charge is 0.237 e. The minimum Gasteiger partial charge on any atom is -0.361 e. The Morgan fingerprint density at radius 1 is 1.26 bits per heavy atom. The number of para-hydroxylation sites is 1. The Kier molecular flexibility index (Phi) is 4.22. The molecular weight excluding hydrogens is 238 g/mol. The maximum atomic E-state index is 11.8. The van der Waals surface area contributed by atoms with E-state index in [1.54, 1.807) is 0 Å². The number of amides is 1. The summed E-state index contributed by atoms with van der Waals surface area (Å²) in [6.45, 7) is 6.48. The van der Waals surface area contributed by atoms with Crippen LogP contribution >= 0.6 is 0 Å². The fourth-order valence-corrected chi connectivity index (χ4v) is 2.04. The van der Waals surface area contributed by atoms with Crippen molar-refractivity contribution < 1.29 is 4.79 Å². The number of benzene rings is 1. The molecule has 0 saturated carbocycles. The molecule has 1 amide bonds. The van der Waals surface area contributed by atoms with Crippen LogP contribution in [0.2, 0.25) is 0 Å². The first-order valence-electron chi connectivity index (χ1n) is 6.66. The fraction of sp³-hybridized carbons (Fsp3) is 0.400. The van der Waals surface area contributed by atoms with Crippen LogP contribution < -0.4 is 10.6 Å². The van der Waals surface area contributed by atoms with Crippen molar-refractivity contribution in [2.45, 2.75) is 39.4 Å². The standard InChI is InChI=1S/C15H21N3O/c1-10(2)18-15(19)11(3)16-8-12-9-17-14-7-5-4-6-13(12)14/h4-7,9-11,16-17H,8H2,1-3H3,(H,18,19). The number of carbonyl (C=O) groups excluding carboxylic acids is 1. The minimum absolute atomic E-state index is 0.0369. The molecule has 0 bridgehead atoms. The maximum Gasteiger partial charge on any atom is 0.237 e. The number of nitrogens with one attached hydrogen (secondary N) is 3. The SMILES string of the molecule is CC(C)NC(=O)C(C)NCc1c[nH]c2ccccc12. The Hall–Kier alpha value is -1.81. The van der Waals surface area contributed by atoms with Crippen LogP contribution in [0.4, 0.5) is 0 Å². The van der Waals surface area contributed by atoms with Gasteiger partial charge < -0.3 is 15.6 Å². The van der Waals surface area contributed by atoms with Crippen LogP contribution in [0.15, 0.2) is 30.5 Å². The zero-order chi connectivity index (χ0) is 13.8. The monoisotopic (exact) mass is 259 g/mol. The van der Waals surface area contributed by atoms with Crippen LogP contribution in [0.1, 0.15) is 26.3 Å². The number of aromatic amines is 1. The second-order valence-electron chi connectivity index (χ2n) is 5.13. The van der Waals surface area contributed by atoms with Gasteiger partial charge in [0.15, 0.2) is 0 Å². The van der Waals surface area contributed by atoms with Crippen molar-refractivity contribution in [1.29, 1.82) is 0 Å². The second-order valence-corrected chi connectivity index (χ2v) is 5.13. The molecule has 1 aromatic carbocycles. The van der Waals surface area contributed by atoms with Crippen LogP contribution in [-0.4, -0.2) is 23.0 Å². The third-order valence-corrected chi connectivity index (χ3v) is 3.10. The predicted molar refractivity (Wildman–Crippen MR) is 77.9 cm³/mol. The highest BCUT2D eigenvalue weighted by molar-refractivity contribution is 5.83. The van der Waals surface area contributed by atoms with E-state index in [1.165, 1.54) is 10.9 Å². The predicted octanol–water partition coefficient (Wildman–Crippen LogP) is 2.17. The summed E-state index contributed by atoms with van der Waals surface area (Å²) in [5.41, 5.74) is 2.30. The van der Waals surface area contributed by atoms with Gasteiger partial charge in [0.05, 0.1) is 6.04 Å². The van der Waals surface area contributed by atoms with Crippen molar-refractivity contribution in [2.75, 3.05) is 0 Å². The van der Waals surface area contributed by atoms with Crippen molar-refractivity contribution in [3.05, 3.63) is 36.0 Å². The molecule has 3 N–H and O–H groups in total. The summed E-state index contributed by atoms with van der Waals surface area (Å²) >= 11 is 0. The van der Waals surface area contributed by atoms with Crippen LogP contribution in [0, 0.1) is 0 Å². The van der Waals surface area contributed by atoms with Crippen molar-refractivity contribution in [2.24, 2.45) is 0 Å². The van der Waals surface area contributed by atoms with Crippen LogP contribution in [0.3, 0.4) is 0 Å². The summed E-state index contributed by atoms with van der Waals surface area (Å²) in [5, 5.41) is 7.35. The van der Waals surface area contributed by atoms with Crippen LogP contribution in [0.5, 0.6) is 0 Å². The van der Waals surface area contributed by atoms with Crippen molar-refractivity contribution in [3.8, 4) is 0 Å². The Bertz CT molecular complexity index is 559. The number of hydrogen-bond acceptors (Lipinski definition) is 2. The Labute approximate surface area is 113 Å². The number of H-pyrrole nitrogens is 1. The fourth-order valence-electron chi connectivity index (χ4n) is 2.04. The molecule has 1 unspecified atom stereocenters. The lowest BCUT2D eigenvalue weighted by Crippen LogP contribution is -2.44. The molecule has 1 aromatic heterocycles. The largest absolute Gasteiger partial charge is 0.361 e. The van der Waals surface area contributed by atoms with E-state index in [9.17, 15) is 4.79 Å². The topological polar surface area (TPSA) is 56.9 Å². The van der Waals surface area contributed by atoms with Crippen LogP contribution in [0.25, 0.3) is 10.9 Å². The Morgan fingerprint density at radius 2 is 2.00 bits per heavy atom. The normalized spacial score (nSPS) is 12.8. The molecule has 1 heterocycles. The molecule has 0 spiro atoms. The highest BCUT2D eigenvalue weighted by atomic mass is 16.2. The second kappa shape index (κ2) is 5.89. The molecule has 4 heteroatoms. The van der Waals surface area contributed by atoms with Crippen molar-refractivity contribution in [1.82, 2.24) is 15.6 Å². The Morgan fingerprint density at radius 3 is 2.74 bits per heavy atom. The zero-order valence-electron chi connectivity index (χ0n) is 11.7. The van der Waals surface area contributed by atoms with E-state index in [-0.39, 0.29) is 18.0 Å². The van der Waals surface area contributed by atoms with Gasteiger partial charge in [-0.05, 0) is 32.4 Å². The number of fused-ring (bicyclic) bond motifs is 1. The van der Waals surface area contributed by atoms with Gasteiger partial charge in [-0.1, -0.05) is 18.2 Å². The zero-order valence-corrected chi connectivity index (χ0v) is 11.7. The first-order chi connectivity index (χ1) is 9.08. The van der Waals surface area contributed by atoms with Gasteiger partial charge in [0.2, 0.25) is 5.91 Å². The first-order valence-corrected chi connectivity index (χ1v) is 6.66.